The van der Waals surface area contributed by atoms with E-state index in [1.54, 1.807) is 6.21 Å². The summed E-state index contributed by atoms with van der Waals surface area (Å²) in [5, 5.41) is 7.54. The van der Waals surface area contributed by atoms with Crippen molar-refractivity contribution < 1.29 is 4.74 Å². The van der Waals surface area contributed by atoms with Gasteiger partial charge in [0.2, 0.25) is 17.8 Å². The first-order chi connectivity index (χ1) is 15.2. The molecular weight excluding hydrogens is 392 g/mol. The molecule has 1 aliphatic heterocycles. The van der Waals surface area contributed by atoms with Gasteiger partial charge in [0.15, 0.2) is 0 Å². The second-order valence-electron chi connectivity index (χ2n) is 7.22. The number of morpholine rings is 1. The zero-order chi connectivity index (χ0) is 21.5. The lowest BCUT2D eigenvalue weighted by Crippen LogP contribution is -2.37. The van der Waals surface area contributed by atoms with Crippen LogP contribution >= 0.6 is 0 Å². The van der Waals surface area contributed by atoms with Crippen molar-refractivity contribution in [1.29, 1.82) is 0 Å². The molecule has 1 saturated heterocycles. The van der Waals surface area contributed by atoms with Gasteiger partial charge in [-0.25, -0.2) is 5.43 Å². The van der Waals surface area contributed by atoms with Crippen LogP contribution in [0.15, 0.2) is 53.6 Å². The number of aryl methyl sites for hydroxylation is 1. The molecule has 4 N–H and O–H groups in total. The molecule has 0 aliphatic carbocycles. The number of hydrogen-bond acceptors (Lipinski definition) is 9. The average molecular weight is 419 g/mol. The van der Waals surface area contributed by atoms with E-state index in [1.807, 2.05) is 55.5 Å². The Hall–Kier alpha value is -3.72. The second kappa shape index (κ2) is 9.86. The van der Waals surface area contributed by atoms with Crippen LogP contribution in [0.2, 0.25) is 0 Å². The largest absolute Gasteiger partial charge is 0.398 e. The topological polar surface area (TPSA) is 114 Å². The lowest BCUT2D eigenvalue weighted by Gasteiger charge is -2.27. The fraction of sp³-hybridized carbons (Fsp3) is 0.273. The van der Waals surface area contributed by atoms with E-state index in [-0.39, 0.29) is 0 Å². The maximum absolute atomic E-state index is 6.05. The number of nitrogen functional groups attached to an aromatic ring is 1. The van der Waals surface area contributed by atoms with Crippen LogP contribution in [-0.4, -0.2) is 47.5 Å². The average Bonchev–Trinajstić information content (AvgIpc) is 2.80. The summed E-state index contributed by atoms with van der Waals surface area (Å²) in [6.07, 6.45) is 1.66. The number of rotatable bonds is 7. The first-order valence-corrected chi connectivity index (χ1v) is 10.2. The van der Waals surface area contributed by atoms with Gasteiger partial charge in [-0.1, -0.05) is 42.5 Å². The Morgan fingerprint density at radius 3 is 2.61 bits per heavy atom. The predicted octanol–water partition coefficient (Wildman–Crippen LogP) is 2.66. The van der Waals surface area contributed by atoms with Crippen LogP contribution in [0.4, 0.5) is 23.5 Å². The molecule has 160 valence electrons. The molecule has 3 aromatic rings. The summed E-state index contributed by atoms with van der Waals surface area (Å²) in [6, 6.07) is 15.9. The Labute approximate surface area is 181 Å². The molecule has 0 atom stereocenters. The number of benzene rings is 2. The van der Waals surface area contributed by atoms with Crippen LogP contribution < -0.4 is 21.4 Å². The molecule has 0 saturated carbocycles. The standard InChI is InChI=1S/C22H26N8O/c1-16-7-8-18(19(23)13-16)15-25-29-21-26-20(24-14-17-5-3-2-4-6-17)27-22(28-21)30-9-11-31-12-10-30/h2-8,13,15H,9-12,14,23H2,1H3,(H2,24,26,27,28,29)/b25-15+. The fourth-order valence-corrected chi connectivity index (χ4v) is 3.15. The highest BCUT2D eigenvalue weighted by Crippen LogP contribution is 2.16. The Kier molecular flexibility index (Phi) is 6.53. The summed E-state index contributed by atoms with van der Waals surface area (Å²) in [6.45, 7) is 5.35. The van der Waals surface area contributed by atoms with E-state index in [0.717, 1.165) is 29.8 Å². The number of nitrogens with two attached hydrogens (primary N) is 1. The fourth-order valence-electron chi connectivity index (χ4n) is 3.15. The van der Waals surface area contributed by atoms with Gasteiger partial charge in [0.25, 0.3) is 0 Å². The van der Waals surface area contributed by atoms with Crippen molar-refractivity contribution in [2.75, 3.05) is 47.7 Å². The molecule has 2 aromatic carbocycles. The molecule has 0 spiro atoms. The van der Waals surface area contributed by atoms with E-state index in [0.29, 0.717) is 43.3 Å². The van der Waals surface area contributed by atoms with Crippen molar-refractivity contribution in [1.82, 2.24) is 15.0 Å². The van der Waals surface area contributed by atoms with E-state index in [2.05, 4.69) is 35.7 Å². The molecule has 1 aromatic heterocycles. The number of nitrogens with zero attached hydrogens (tertiary/aromatic N) is 5. The van der Waals surface area contributed by atoms with E-state index >= 15 is 0 Å². The number of anilines is 4. The van der Waals surface area contributed by atoms with Crippen molar-refractivity contribution in [3.8, 4) is 0 Å². The lowest BCUT2D eigenvalue weighted by atomic mass is 10.1. The number of aromatic nitrogens is 3. The summed E-state index contributed by atoms with van der Waals surface area (Å²) in [5.41, 5.74) is 12.7. The summed E-state index contributed by atoms with van der Waals surface area (Å²) in [5.74, 6) is 1.42. The van der Waals surface area contributed by atoms with Gasteiger partial charge in [0.05, 0.1) is 19.4 Å². The molecule has 9 nitrogen and oxygen atoms in total. The van der Waals surface area contributed by atoms with E-state index < -0.39 is 0 Å². The molecule has 0 radical (unpaired) electrons. The van der Waals surface area contributed by atoms with Gasteiger partial charge < -0.3 is 20.7 Å². The highest BCUT2D eigenvalue weighted by Gasteiger charge is 2.16. The number of hydrazone groups is 1. The van der Waals surface area contributed by atoms with Crippen molar-refractivity contribution >= 4 is 29.7 Å². The third-order valence-electron chi connectivity index (χ3n) is 4.82. The summed E-state index contributed by atoms with van der Waals surface area (Å²) < 4.78 is 5.44. The quantitative estimate of drug-likeness (QED) is 0.305. The number of nitrogens with one attached hydrogen (secondary N) is 2. The molecule has 0 bridgehead atoms. The zero-order valence-corrected chi connectivity index (χ0v) is 17.5. The Morgan fingerprint density at radius 2 is 1.84 bits per heavy atom. The second-order valence-corrected chi connectivity index (χ2v) is 7.22. The van der Waals surface area contributed by atoms with E-state index in [4.69, 9.17) is 10.5 Å². The summed E-state index contributed by atoms with van der Waals surface area (Å²) >= 11 is 0. The van der Waals surface area contributed by atoms with E-state index in [9.17, 15) is 0 Å². The van der Waals surface area contributed by atoms with Crippen LogP contribution in [0, 0.1) is 6.92 Å². The minimum atomic E-state index is 0.356. The van der Waals surface area contributed by atoms with Gasteiger partial charge in [-0.2, -0.15) is 20.1 Å². The zero-order valence-electron chi connectivity index (χ0n) is 17.5. The van der Waals surface area contributed by atoms with Gasteiger partial charge in [0, 0.05) is 30.9 Å². The van der Waals surface area contributed by atoms with Crippen LogP contribution in [-0.2, 0) is 11.3 Å². The number of hydrogen-bond donors (Lipinski definition) is 3. The highest BCUT2D eigenvalue weighted by molar-refractivity contribution is 5.87. The Morgan fingerprint density at radius 1 is 1.06 bits per heavy atom. The monoisotopic (exact) mass is 418 g/mol. The van der Waals surface area contributed by atoms with Crippen molar-refractivity contribution in [3.63, 3.8) is 0 Å². The van der Waals surface area contributed by atoms with Gasteiger partial charge in [-0.15, -0.1) is 0 Å². The molecule has 1 fully saturated rings. The van der Waals surface area contributed by atoms with Gasteiger partial charge in [0.1, 0.15) is 0 Å². The molecule has 2 heterocycles. The van der Waals surface area contributed by atoms with Gasteiger partial charge in [-0.3, -0.25) is 0 Å². The van der Waals surface area contributed by atoms with Gasteiger partial charge >= 0.3 is 0 Å². The molecule has 9 heteroatoms. The van der Waals surface area contributed by atoms with Crippen LogP contribution in [0.1, 0.15) is 16.7 Å². The summed E-state index contributed by atoms with van der Waals surface area (Å²) in [4.78, 5) is 15.7. The van der Waals surface area contributed by atoms with Crippen molar-refractivity contribution in [2.45, 2.75) is 13.5 Å². The molecule has 0 amide bonds. The molecule has 1 aliphatic rings. The van der Waals surface area contributed by atoms with Crippen LogP contribution in [0.5, 0.6) is 0 Å². The van der Waals surface area contributed by atoms with Crippen molar-refractivity contribution in [2.24, 2.45) is 5.10 Å². The minimum absolute atomic E-state index is 0.356. The number of ether oxygens (including phenoxy) is 1. The van der Waals surface area contributed by atoms with Crippen molar-refractivity contribution in [3.05, 3.63) is 65.2 Å². The van der Waals surface area contributed by atoms with Gasteiger partial charge in [-0.05, 0) is 24.1 Å². The lowest BCUT2D eigenvalue weighted by molar-refractivity contribution is 0.122. The Balaban J connectivity index is 1.52. The molecule has 4 rings (SSSR count). The SMILES string of the molecule is Cc1ccc(/C=N/Nc2nc(NCc3ccccc3)nc(N3CCOCC3)n2)c(N)c1. The Bertz CT molecular complexity index is 1030. The normalized spacial score (nSPS) is 14.0. The molecule has 31 heavy (non-hydrogen) atoms. The maximum Gasteiger partial charge on any atom is 0.250 e. The third kappa shape index (κ3) is 5.67. The first-order valence-electron chi connectivity index (χ1n) is 10.2. The summed E-state index contributed by atoms with van der Waals surface area (Å²) in [7, 11) is 0. The third-order valence-corrected chi connectivity index (χ3v) is 4.82. The smallest absolute Gasteiger partial charge is 0.250 e. The maximum atomic E-state index is 6.05. The molecular formula is C22H26N8O. The van der Waals surface area contributed by atoms with Crippen LogP contribution in [0.25, 0.3) is 0 Å². The highest BCUT2D eigenvalue weighted by atomic mass is 16.5. The van der Waals surface area contributed by atoms with E-state index in [1.165, 1.54) is 0 Å². The predicted molar refractivity (Wildman–Crippen MR) is 123 cm³/mol. The first kappa shape index (κ1) is 20.5. The minimum Gasteiger partial charge on any atom is -0.398 e. The molecule has 0 unspecified atom stereocenters. The van der Waals surface area contributed by atoms with Crippen LogP contribution in [0.3, 0.4) is 0 Å².